The van der Waals surface area contributed by atoms with Crippen LogP contribution in [0, 0.1) is 11.3 Å². The fourth-order valence-corrected chi connectivity index (χ4v) is 2.47. The van der Waals surface area contributed by atoms with Gasteiger partial charge in [0.05, 0.1) is 5.69 Å². The second-order valence-electron chi connectivity index (χ2n) is 4.65. The van der Waals surface area contributed by atoms with Gasteiger partial charge in [-0.05, 0) is 36.1 Å². The minimum atomic E-state index is 0.564. The lowest BCUT2D eigenvalue weighted by atomic mass is 10.0. The van der Waals surface area contributed by atoms with Gasteiger partial charge in [0.25, 0.3) is 0 Å². The van der Waals surface area contributed by atoms with E-state index in [-0.39, 0.29) is 0 Å². The van der Waals surface area contributed by atoms with E-state index in [0.29, 0.717) is 17.9 Å². The van der Waals surface area contributed by atoms with Gasteiger partial charge < -0.3 is 5.32 Å². The van der Waals surface area contributed by atoms with E-state index in [4.69, 9.17) is 0 Å². The molecule has 5 heteroatoms. The third-order valence-corrected chi connectivity index (χ3v) is 3.86. The number of benzene rings is 1. The Morgan fingerprint density at radius 1 is 1.14 bits per heavy atom. The third kappa shape index (κ3) is 3.59. The van der Waals surface area contributed by atoms with Crippen LogP contribution in [0.3, 0.4) is 0 Å². The van der Waals surface area contributed by atoms with Gasteiger partial charge in [-0.15, -0.1) is 5.10 Å². The predicted octanol–water partition coefficient (Wildman–Crippen LogP) is 3.85. The molecule has 0 unspecified atom stereocenters. The summed E-state index contributed by atoms with van der Waals surface area (Å²) < 4.78 is 1.05. The van der Waals surface area contributed by atoms with E-state index in [1.54, 1.807) is 0 Å². The van der Waals surface area contributed by atoms with Crippen molar-refractivity contribution in [3.05, 3.63) is 51.1 Å². The summed E-state index contributed by atoms with van der Waals surface area (Å²) in [5.74, 6) is 0.564. The van der Waals surface area contributed by atoms with Crippen molar-refractivity contribution in [2.75, 3.05) is 5.32 Å². The zero-order valence-electron chi connectivity index (χ0n) is 12.2. The second-order valence-corrected chi connectivity index (χ2v) is 5.56. The molecule has 1 N–H and O–H groups in total. The molecule has 4 nitrogen and oxygen atoms in total. The zero-order chi connectivity index (χ0) is 15.2. The van der Waals surface area contributed by atoms with Crippen LogP contribution in [-0.4, -0.2) is 10.2 Å². The Morgan fingerprint density at radius 3 is 2.43 bits per heavy atom. The number of hydrogen-bond donors (Lipinski definition) is 1. The van der Waals surface area contributed by atoms with Gasteiger partial charge in [0.2, 0.25) is 0 Å². The molecule has 0 amide bonds. The van der Waals surface area contributed by atoms with Gasteiger partial charge in [-0.25, -0.2) is 0 Å². The molecule has 0 spiro atoms. The van der Waals surface area contributed by atoms with Crippen molar-refractivity contribution in [1.29, 1.82) is 5.26 Å². The highest BCUT2D eigenvalue weighted by Crippen LogP contribution is 2.20. The molecule has 1 heterocycles. The van der Waals surface area contributed by atoms with E-state index in [1.807, 2.05) is 38.1 Å². The average molecular weight is 345 g/mol. The number of nitrogens with zero attached hydrogens (tertiary/aromatic N) is 3. The first-order valence-corrected chi connectivity index (χ1v) is 7.75. The summed E-state index contributed by atoms with van der Waals surface area (Å²) in [6.07, 6.45) is 1.58. The minimum absolute atomic E-state index is 0.564. The topological polar surface area (TPSA) is 61.6 Å². The normalized spacial score (nSPS) is 10.2. The lowest BCUT2D eigenvalue weighted by molar-refractivity contribution is 0.869. The maximum atomic E-state index is 9.42. The molecule has 108 valence electrons. The molecule has 0 bridgehead atoms. The fraction of sp³-hybridized carbons (Fsp3) is 0.312. The number of rotatable bonds is 5. The molecule has 0 atom stereocenters. The molecular weight excluding hydrogens is 328 g/mol. The molecule has 1 aromatic heterocycles. The monoisotopic (exact) mass is 344 g/mol. The Hall–Kier alpha value is -1.93. The molecule has 2 aromatic rings. The first kappa shape index (κ1) is 15.5. The molecule has 0 radical (unpaired) electrons. The lowest BCUT2D eigenvalue weighted by Crippen LogP contribution is -2.10. The van der Waals surface area contributed by atoms with Crippen LogP contribution in [0.4, 0.5) is 5.82 Å². The van der Waals surface area contributed by atoms with E-state index in [0.717, 1.165) is 34.1 Å². The van der Waals surface area contributed by atoms with Crippen LogP contribution in [0.15, 0.2) is 28.7 Å². The average Bonchev–Trinajstić information content (AvgIpc) is 2.53. The van der Waals surface area contributed by atoms with Crippen LogP contribution in [0.1, 0.15) is 36.2 Å². The summed E-state index contributed by atoms with van der Waals surface area (Å²) in [5.41, 5.74) is 3.64. The molecule has 21 heavy (non-hydrogen) atoms. The highest BCUT2D eigenvalue weighted by atomic mass is 79.9. The predicted molar refractivity (Wildman–Crippen MR) is 87.0 cm³/mol. The number of nitrogens with one attached hydrogen (secondary N) is 1. The van der Waals surface area contributed by atoms with Crippen LogP contribution in [-0.2, 0) is 19.4 Å². The lowest BCUT2D eigenvalue weighted by Gasteiger charge is -2.12. The summed E-state index contributed by atoms with van der Waals surface area (Å²) >= 11 is 3.41. The Kier molecular flexibility index (Phi) is 5.29. The van der Waals surface area contributed by atoms with Crippen molar-refractivity contribution in [1.82, 2.24) is 10.2 Å². The van der Waals surface area contributed by atoms with Crippen LogP contribution in [0.25, 0.3) is 0 Å². The summed E-state index contributed by atoms with van der Waals surface area (Å²) in [6.45, 7) is 4.68. The Balaban J connectivity index is 2.24. The minimum Gasteiger partial charge on any atom is -0.363 e. The van der Waals surface area contributed by atoms with Gasteiger partial charge in [-0.3, -0.25) is 0 Å². The van der Waals surface area contributed by atoms with Crippen molar-refractivity contribution in [2.24, 2.45) is 0 Å². The van der Waals surface area contributed by atoms with E-state index >= 15 is 0 Å². The first-order valence-electron chi connectivity index (χ1n) is 6.96. The van der Waals surface area contributed by atoms with E-state index in [2.05, 4.69) is 37.5 Å². The van der Waals surface area contributed by atoms with Gasteiger partial charge in [0, 0.05) is 11.0 Å². The molecule has 0 fully saturated rings. The maximum absolute atomic E-state index is 9.42. The van der Waals surface area contributed by atoms with Crippen LogP contribution in [0.5, 0.6) is 0 Å². The molecule has 0 saturated carbocycles. The third-order valence-electron chi connectivity index (χ3n) is 3.33. The molecule has 0 aliphatic carbocycles. The standard InChI is InChI=1S/C16H17BrN4/c1-3-13-14(9-18)16(21-20-15(13)4-2)19-10-11-5-7-12(17)8-6-11/h5-8H,3-4,10H2,1-2H3,(H,19,21). The van der Waals surface area contributed by atoms with Crippen LogP contribution in [0.2, 0.25) is 0 Å². The summed E-state index contributed by atoms with van der Waals surface area (Å²) in [4.78, 5) is 0. The summed E-state index contributed by atoms with van der Waals surface area (Å²) in [6, 6.07) is 10.3. The van der Waals surface area contributed by atoms with Crippen LogP contribution < -0.4 is 5.32 Å². The summed E-state index contributed by atoms with van der Waals surface area (Å²) in [5, 5.41) is 21.0. The molecule has 0 aliphatic rings. The summed E-state index contributed by atoms with van der Waals surface area (Å²) in [7, 11) is 0. The Labute approximate surface area is 133 Å². The van der Waals surface area contributed by atoms with Crippen molar-refractivity contribution in [3.63, 3.8) is 0 Å². The number of anilines is 1. The fourth-order valence-electron chi connectivity index (χ4n) is 2.21. The highest BCUT2D eigenvalue weighted by molar-refractivity contribution is 9.10. The second kappa shape index (κ2) is 7.19. The van der Waals surface area contributed by atoms with Gasteiger partial charge in [-0.2, -0.15) is 10.4 Å². The SMILES string of the molecule is CCc1nnc(NCc2ccc(Br)cc2)c(C#N)c1CC. The van der Waals surface area contributed by atoms with Gasteiger partial charge in [0.15, 0.2) is 5.82 Å². The van der Waals surface area contributed by atoms with Crippen molar-refractivity contribution in [3.8, 4) is 6.07 Å². The van der Waals surface area contributed by atoms with Gasteiger partial charge >= 0.3 is 0 Å². The number of hydrogen-bond acceptors (Lipinski definition) is 4. The van der Waals surface area contributed by atoms with Crippen molar-refractivity contribution >= 4 is 21.7 Å². The number of aromatic nitrogens is 2. The molecule has 2 rings (SSSR count). The van der Waals surface area contributed by atoms with E-state index < -0.39 is 0 Å². The maximum Gasteiger partial charge on any atom is 0.167 e. The molecule has 0 aliphatic heterocycles. The Bertz CT molecular complexity index is 659. The highest BCUT2D eigenvalue weighted by Gasteiger charge is 2.13. The molecule has 0 saturated heterocycles. The largest absolute Gasteiger partial charge is 0.363 e. The zero-order valence-corrected chi connectivity index (χ0v) is 13.7. The quantitative estimate of drug-likeness (QED) is 0.894. The number of nitriles is 1. The van der Waals surface area contributed by atoms with E-state index in [9.17, 15) is 5.26 Å². The smallest absolute Gasteiger partial charge is 0.167 e. The van der Waals surface area contributed by atoms with Crippen molar-refractivity contribution in [2.45, 2.75) is 33.2 Å². The van der Waals surface area contributed by atoms with Crippen LogP contribution >= 0.6 is 15.9 Å². The number of aryl methyl sites for hydroxylation is 1. The Morgan fingerprint density at radius 2 is 1.86 bits per heavy atom. The van der Waals surface area contributed by atoms with Gasteiger partial charge in [-0.1, -0.05) is 41.9 Å². The van der Waals surface area contributed by atoms with Crippen molar-refractivity contribution < 1.29 is 0 Å². The number of halogens is 1. The molecule has 1 aromatic carbocycles. The van der Waals surface area contributed by atoms with Gasteiger partial charge in [0.1, 0.15) is 11.6 Å². The van der Waals surface area contributed by atoms with E-state index in [1.165, 1.54) is 0 Å². The first-order chi connectivity index (χ1) is 10.2. The molecular formula is C16H17BrN4.